The fourth-order valence-electron chi connectivity index (χ4n) is 1.60. The summed E-state index contributed by atoms with van der Waals surface area (Å²) in [7, 11) is 0. The monoisotopic (exact) mass is 260 g/mol. The third-order valence-electron chi connectivity index (χ3n) is 2.55. The zero-order valence-corrected chi connectivity index (χ0v) is 10.7. The Bertz CT molecular complexity index is 555. The molecule has 0 aliphatic rings. The first-order valence-corrected chi connectivity index (χ1v) is 5.97. The summed E-state index contributed by atoms with van der Waals surface area (Å²) in [4.78, 5) is 15.3. The minimum Gasteiger partial charge on any atom is -0.381 e. The second-order valence-corrected chi connectivity index (χ2v) is 4.43. The number of benzene rings is 1. The van der Waals surface area contributed by atoms with E-state index in [0.29, 0.717) is 17.1 Å². The van der Waals surface area contributed by atoms with E-state index in [1.807, 2.05) is 12.1 Å². The fourth-order valence-corrected chi connectivity index (χ4v) is 1.83. The molecule has 2 rings (SSSR count). The summed E-state index contributed by atoms with van der Waals surface area (Å²) in [6.07, 6.45) is 3.49. The van der Waals surface area contributed by atoms with Crippen LogP contribution < -0.4 is 5.32 Å². The highest BCUT2D eigenvalue weighted by Crippen LogP contribution is 2.20. The van der Waals surface area contributed by atoms with Crippen molar-refractivity contribution in [2.75, 3.05) is 5.32 Å². The quantitative estimate of drug-likeness (QED) is 0.855. The van der Waals surface area contributed by atoms with E-state index in [9.17, 15) is 4.79 Å². The van der Waals surface area contributed by atoms with Gasteiger partial charge in [-0.2, -0.15) is 0 Å². The van der Waals surface area contributed by atoms with Gasteiger partial charge in [0.05, 0.1) is 0 Å². The lowest BCUT2D eigenvalue weighted by Gasteiger charge is -2.08. The van der Waals surface area contributed by atoms with Crippen molar-refractivity contribution in [1.29, 1.82) is 0 Å². The topological polar surface area (TPSA) is 42.0 Å². The second-order valence-electron chi connectivity index (χ2n) is 3.99. The molecule has 0 amide bonds. The lowest BCUT2D eigenvalue weighted by atomic mass is 10.1. The van der Waals surface area contributed by atoms with E-state index in [1.165, 1.54) is 6.92 Å². The van der Waals surface area contributed by atoms with Gasteiger partial charge in [0.2, 0.25) is 0 Å². The lowest BCUT2D eigenvalue weighted by Crippen LogP contribution is -2.01. The number of nitrogens with zero attached hydrogens (tertiary/aromatic N) is 1. The van der Waals surface area contributed by atoms with Gasteiger partial charge in [0.15, 0.2) is 5.78 Å². The van der Waals surface area contributed by atoms with Crippen LogP contribution in [0.1, 0.15) is 22.8 Å². The van der Waals surface area contributed by atoms with Gasteiger partial charge in [-0.1, -0.05) is 11.6 Å². The molecule has 92 valence electrons. The van der Waals surface area contributed by atoms with Crippen LogP contribution in [0.15, 0.2) is 42.7 Å². The van der Waals surface area contributed by atoms with Gasteiger partial charge >= 0.3 is 0 Å². The molecular formula is C14H13ClN2O. The maximum absolute atomic E-state index is 11.3. The molecule has 0 spiro atoms. The first-order chi connectivity index (χ1) is 8.65. The molecule has 0 fully saturated rings. The van der Waals surface area contributed by atoms with E-state index in [1.54, 1.807) is 30.6 Å². The third-order valence-corrected chi connectivity index (χ3v) is 2.77. The highest BCUT2D eigenvalue weighted by Gasteiger charge is 2.03. The van der Waals surface area contributed by atoms with Crippen LogP contribution in [0, 0.1) is 0 Å². The van der Waals surface area contributed by atoms with Gasteiger partial charge in [0.25, 0.3) is 0 Å². The molecule has 1 aromatic heterocycles. The first kappa shape index (κ1) is 12.6. The summed E-state index contributed by atoms with van der Waals surface area (Å²) in [5, 5.41) is 3.79. The minimum atomic E-state index is 0.00413. The van der Waals surface area contributed by atoms with Crippen LogP contribution in [0.5, 0.6) is 0 Å². The number of ketones is 1. The average molecular weight is 261 g/mol. The number of pyridine rings is 1. The lowest BCUT2D eigenvalue weighted by molar-refractivity contribution is 0.101. The number of rotatable bonds is 4. The normalized spacial score (nSPS) is 10.1. The summed E-state index contributed by atoms with van der Waals surface area (Å²) in [6, 6.07) is 9.14. The molecule has 0 aliphatic carbocycles. The fraction of sp³-hybridized carbons (Fsp3) is 0.143. The van der Waals surface area contributed by atoms with Crippen LogP contribution in [-0.4, -0.2) is 10.8 Å². The molecule has 0 atom stereocenters. The molecule has 0 aliphatic heterocycles. The standard InChI is InChI=1S/C14H13ClN2O/c1-10(18)12-6-13(15)8-14(7-12)17-9-11-2-4-16-5-3-11/h2-8,17H,9H2,1H3. The number of carbonyl (C=O) groups excluding carboxylic acids is 1. The van der Waals surface area contributed by atoms with Crippen molar-refractivity contribution in [2.24, 2.45) is 0 Å². The summed E-state index contributed by atoms with van der Waals surface area (Å²) in [5.74, 6) is 0.00413. The summed E-state index contributed by atoms with van der Waals surface area (Å²) in [6.45, 7) is 2.19. The largest absolute Gasteiger partial charge is 0.381 e. The van der Waals surface area contributed by atoms with Crippen molar-refractivity contribution in [1.82, 2.24) is 4.98 Å². The van der Waals surface area contributed by atoms with Gasteiger partial charge in [0.1, 0.15) is 0 Å². The zero-order valence-electron chi connectivity index (χ0n) is 9.98. The van der Waals surface area contributed by atoms with Crippen LogP contribution in [0.4, 0.5) is 5.69 Å². The van der Waals surface area contributed by atoms with Crippen molar-refractivity contribution in [2.45, 2.75) is 13.5 Å². The Labute approximate surface area is 111 Å². The van der Waals surface area contributed by atoms with Crippen molar-refractivity contribution >= 4 is 23.1 Å². The predicted octanol–water partition coefficient (Wildman–Crippen LogP) is 3.55. The molecule has 0 bridgehead atoms. The molecule has 1 aromatic carbocycles. The van der Waals surface area contributed by atoms with E-state index in [2.05, 4.69) is 10.3 Å². The molecule has 0 saturated carbocycles. The van der Waals surface area contributed by atoms with Crippen molar-refractivity contribution in [3.63, 3.8) is 0 Å². The average Bonchev–Trinajstić information content (AvgIpc) is 2.37. The van der Waals surface area contributed by atoms with Crippen molar-refractivity contribution < 1.29 is 4.79 Å². The van der Waals surface area contributed by atoms with Gasteiger partial charge < -0.3 is 5.32 Å². The summed E-state index contributed by atoms with van der Waals surface area (Å²) < 4.78 is 0. The van der Waals surface area contributed by atoms with Gasteiger partial charge in [-0.3, -0.25) is 9.78 Å². The molecule has 0 saturated heterocycles. The Balaban J connectivity index is 2.12. The Hall–Kier alpha value is -1.87. The highest BCUT2D eigenvalue weighted by atomic mass is 35.5. The Morgan fingerprint density at radius 3 is 2.67 bits per heavy atom. The molecule has 2 aromatic rings. The Morgan fingerprint density at radius 2 is 2.00 bits per heavy atom. The zero-order chi connectivity index (χ0) is 13.0. The van der Waals surface area contributed by atoms with Crippen molar-refractivity contribution in [3.8, 4) is 0 Å². The molecular weight excluding hydrogens is 248 g/mol. The minimum absolute atomic E-state index is 0.00413. The van der Waals surface area contributed by atoms with Gasteiger partial charge in [-0.05, 0) is 42.8 Å². The molecule has 18 heavy (non-hydrogen) atoms. The summed E-state index contributed by atoms with van der Waals surface area (Å²) >= 11 is 5.97. The number of halogens is 1. The predicted molar refractivity (Wildman–Crippen MR) is 73.0 cm³/mol. The second kappa shape index (κ2) is 5.65. The molecule has 1 heterocycles. The maximum Gasteiger partial charge on any atom is 0.159 e. The third kappa shape index (κ3) is 3.31. The van der Waals surface area contributed by atoms with Crippen LogP contribution >= 0.6 is 11.6 Å². The van der Waals surface area contributed by atoms with Crippen molar-refractivity contribution in [3.05, 3.63) is 58.9 Å². The van der Waals surface area contributed by atoms with E-state index >= 15 is 0 Å². The van der Waals surface area contributed by atoms with E-state index in [4.69, 9.17) is 11.6 Å². The molecule has 0 radical (unpaired) electrons. The van der Waals surface area contributed by atoms with Crippen LogP contribution in [0.2, 0.25) is 5.02 Å². The van der Waals surface area contributed by atoms with E-state index in [-0.39, 0.29) is 5.78 Å². The van der Waals surface area contributed by atoms with Gasteiger partial charge in [0, 0.05) is 35.2 Å². The number of hydrogen-bond acceptors (Lipinski definition) is 3. The number of hydrogen-bond donors (Lipinski definition) is 1. The molecule has 1 N–H and O–H groups in total. The smallest absolute Gasteiger partial charge is 0.159 e. The highest BCUT2D eigenvalue weighted by molar-refractivity contribution is 6.31. The van der Waals surface area contributed by atoms with Crippen LogP contribution in [0.3, 0.4) is 0 Å². The van der Waals surface area contributed by atoms with Gasteiger partial charge in [-0.15, -0.1) is 0 Å². The first-order valence-electron chi connectivity index (χ1n) is 5.59. The van der Waals surface area contributed by atoms with Crippen LogP contribution in [0.25, 0.3) is 0 Å². The molecule has 3 nitrogen and oxygen atoms in total. The summed E-state index contributed by atoms with van der Waals surface area (Å²) in [5.41, 5.74) is 2.57. The van der Waals surface area contributed by atoms with Crippen LogP contribution in [-0.2, 0) is 6.54 Å². The maximum atomic E-state index is 11.3. The number of nitrogens with one attached hydrogen (secondary N) is 1. The SMILES string of the molecule is CC(=O)c1cc(Cl)cc(NCc2ccncc2)c1. The Morgan fingerprint density at radius 1 is 1.28 bits per heavy atom. The number of Topliss-reactive ketones (excluding diaryl/α,β-unsaturated/α-hetero) is 1. The van der Waals surface area contributed by atoms with Gasteiger partial charge in [-0.25, -0.2) is 0 Å². The Kier molecular flexibility index (Phi) is 3.95. The molecule has 4 heteroatoms. The van der Waals surface area contributed by atoms with E-state index < -0.39 is 0 Å². The number of carbonyl (C=O) groups is 1. The van der Waals surface area contributed by atoms with E-state index in [0.717, 1.165) is 11.3 Å². The number of aromatic nitrogens is 1. The number of anilines is 1. The molecule has 0 unspecified atom stereocenters.